The highest BCUT2D eigenvalue weighted by atomic mass is 16.3. The Morgan fingerprint density at radius 3 is 1.42 bits per heavy atom. The monoisotopic (exact) mass is 676 g/mol. The number of oxazole rings is 1. The number of benzene rings is 8. The lowest BCUT2D eigenvalue weighted by molar-refractivity contribution is 0.620. The van der Waals surface area contributed by atoms with Crippen molar-refractivity contribution < 1.29 is 4.42 Å². The van der Waals surface area contributed by atoms with Gasteiger partial charge < -0.3 is 4.42 Å². The summed E-state index contributed by atoms with van der Waals surface area (Å²) in [6, 6.07) is 68.4. The summed E-state index contributed by atoms with van der Waals surface area (Å²) < 4.78 is 6.07. The van der Waals surface area contributed by atoms with Crippen LogP contribution < -0.4 is 0 Å². The Bertz CT molecular complexity index is 2860. The number of rotatable bonds is 6. The Balaban J connectivity index is 1.14. The van der Waals surface area contributed by atoms with Gasteiger partial charge in [0.25, 0.3) is 0 Å². The molecule has 0 bridgehead atoms. The van der Waals surface area contributed by atoms with Crippen LogP contribution in [-0.4, -0.2) is 9.97 Å². The molecule has 0 amide bonds. The highest BCUT2D eigenvalue weighted by molar-refractivity contribution is 6.16. The smallest absolute Gasteiger partial charge is 0.227 e. The van der Waals surface area contributed by atoms with Gasteiger partial charge in [-0.3, -0.25) is 0 Å². The Kier molecular flexibility index (Phi) is 7.47. The molecule has 10 rings (SSSR count). The lowest BCUT2D eigenvalue weighted by Crippen LogP contribution is -1.93. The first-order chi connectivity index (χ1) is 26.2. The third-order valence-electron chi connectivity index (χ3n) is 10.1. The molecule has 0 spiro atoms. The van der Waals surface area contributed by atoms with Crippen molar-refractivity contribution in [2.75, 3.05) is 0 Å². The quantitative estimate of drug-likeness (QED) is 0.165. The van der Waals surface area contributed by atoms with Crippen LogP contribution in [0.15, 0.2) is 199 Å². The maximum Gasteiger partial charge on any atom is 0.227 e. The lowest BCUT2D eigenvalue weighted by atomic mass is 9.90. The van der Waals surface area contributed by atoms with Crippen molar-refractivity contribution in [3.63, 3.8) is 0 Å². The van der Waals surface area contributed by atoms with Crippen molar-refractivity contribution in [1.82, 2.24) is 9.97 Å². The normalized spacial score (nSPS) is 11.4. The molecule has 0 saturated heterocycles. The third kappa shape index (κ3) is 5.65. The van der Waals surface area contributed by atoms with E-state index in [1.165, 1.54) is 38.8 Å². The van der Waals surface area contributed by atoms with Crippen LogP contribution in [0.4, 0.5) is 0 Å². The second-order valence-electron chi connectivity index (χ2n) is 13.4. The predicted octanol–water partition coefficient (Wildman–Crippen LogP) is 13.5. The number of hydrogen-bond acceptors (Lipinski definition) is 3. The van der Waals surface area contributed by atoms with Gasteiger partial charge >= 0.3 is 0 Å². The zero-order valence-electron chi connectivity index (χ0n) is 28.8. The molecule has 0 unspecified atom stereocenters. The van der Waals surface area contributed by atoms with Gasteiger partial charge in [0.05, 0.1) is 11.2 Å². The highest BCUT2D eigenvalue weighted by Crippen LogP contribution is 2.41. The number of nitrogens with zero attached hydrogens (tertiary/aromatic N) is 2. The molecular weight excluding hydrogens is 645 g/mol. The summed E-state index contributed by atoms with van der Waals surface area (Å²) in [6.45, 7) is 0. The van der Waals surface area contributed by atoms with Crippen LogP contribution in [0.2, 0.25) is 0 Å². The fraction of sp³-hybridized carbons (Fsp3) is 0. The predicted molar refractivity (Wildman–Crippen MR) is 219 cm³/mol. The van der Waals surface area contributed by atoms with Crippen molar-refractivity contribution >= 4 is 32.8 Å². The number of hydrogen-bond donors (Lipinski definition) is 0. The van der Waals surface area contributed by atoms with E-state index in [0.29, 0.717) is 5.89 Å². The van der Waals surface area contributed by atoms with E-state index >= 15 is 0 Å². The molecular formula is C50H32N2O. The molecule has 3 nitrogen and oxygen atoms in total. The largest absolute Gasteiger partial charge is 0.436 e. The zero-order valence-corrected chi connectivity index (χ0v) is 28.8. The van der Waals surface area contributed by atoms with E-state index in [4.69, 9.17) is 14.4 Å². The molecule has 53 heavy (non-hydrogen) atoms. The summed E-state index contributed by atoms with van der Waals surface area (Å²) in [4.78, 5) is 10.1. The molecule has 0 fully saturated rings. The lowest BCUT2D eigenvalue weighted by Gasteiger charge is -2.16. The molecule has 248 valence electrons. The number of pyridine rings is 1. The molecule has 2 aromatic heterocycles. The maximum atomic E-state index is 6.07. The molecule has 0 aliphatic rings. The molecule has 2 heterocycles. The van der Waals surface area contributed by atoms with Crippen molar-refractivity contribution in [2.45, 2.75) is 0 Å². The average molecular weight is 677 g/mol. The van der Waals surface area contributed by atoms with Crippen molar-refractivity contribution in [2.24, 2.45) is 0 Å². The molecule has 10 aromatic rings. The van der Waals surface area contributed by atoms with Crippen LogP contribution >= 0.6 is 0 Å². The summed E-state index contributed by atoms with van der Waals surface area (Å²) >= 11 is 0. The fourth-order valence-corrected chi connectivity index (χ4v) is 7.40. The third-order valence-corrected chi connectivity index (χ3v) is 10.1. The van der Waals surface area contributed by atoms with E-state index < -0.39 is 0 Å². The topological polar surface area (TPSA) is 38.9 Å². The number of aromatic nitrogens is 2. The van der Waals surface area contributed by atoms with Crippen LogP contribution in [0, 0.1) is 0 Å². The standard InChI is InChI=1S/C50H32N2O/c1-3-11-33(12-4-1)35-19-23-37(24-20-35)43-31-45-44(38-25-21-36(22-26-38)34-13-5-2-6-14-34)32-47(51-49(45)42-16-8-7-15-41(42)43)39-27-29-40(30-28-39)50-52-46-17-9-10-18-48(46)53-50/h1-32H. The van der Waals surface area contributed by atoms with Gasteiger partial charge in [-0.15, -0.1) is 0 Å². The van der Waals surface area contributed by atoms with E-state index in [2.05, 4.69) is 170 Å². The van der Waals surface area contributed by atoms with Gasteiger partial charge in [0.1, 0.15) is 5.52 Å². The second-order valence-corrected chi connectivity index (χ2v) is 13.4. The summed E-state index contributed by atoms with van der Waals surface area (Å²) in [7, 11) is 0. The molecule has 8 aromatic carbocycles. The van der Waals surface area contributed by atoms with Crippen molar-refractivity contribution in [3.8, 4) is 67.2 Å². The van der Waals surface area contributed by atoms with Crippen LogP contribution in [0.5, 0.6) is 0 Å². The summed E-state index contributed by atoms with van der Waals surface area (Å²) in [5.41, 5.74) is 14.9. The molecule has 0 N–H and O–H groups in total. The van der Waals surface area contributed by atoms with E-state index in [1.54, 1.807) is 0 Å². The van der Waals surface area contributed by atoms with Crippen molar-refractivity contribution in [3.05, 3.63) is 194 Å². The minimum absolute atomic E-state index is 0.610. The average Bonchev–Trinajstić information content (AvgIpc) is 3.69. The number of fused-ring (bicyclic) bond motifs is 4. The SMILES string of the molecule is c1ccc(-c2ccc(-c3cc4c(-c5ccc(-c6ccccc6)cc5)cc(-c5ccc(-c6nc7ccccc7o6)cc5)nc4c4ccccc34)cc2)cc1. The van der Waals surface area contributed by atoms with Gasteiger partial charge in [-0.1, -0.05) is 158 Å². The Labute approximate surface area is 307 Å². The zero-order chi connectivity index (χ0) is 35.1. The molecule has 3 heteroatoms. The van der Waals surface area contributed by atoms with Crippen LogP contribution in [0.3, 0.4) is 0 Å². The van der Waals surface area contributed by atoms with Crippen LogP contribution in [0.25, 0.3) is 100.0 Å². The highest BCUT2D eigenvalue weighted by Gasteiger charge is 2.17. The van der Waals surface area contributed by atoms with E-state index in [9.17, 15) is 0 Å². The van der Waals surface area contributed by atoms with Crippen LogP contribution in [0.1, 0.15) is 0 Å². The first kappa shape index (κ1) is 30.7. The van der Waals surface area contributed by atoms with E-state index in [0.717, 1.165) is 55.3 Å². The molecule has 0 atom stereocenters. The Morgan fingerprint density at radius 2 is 0.792 bits per heavy atom. The molecule has 0 aliphatic carbocycles. The fourth-order valence-electron chi connectivity index (χ4n) is 7.40. The van der Waals surface area contributed by atoms with E-state index in [1.807, 2.05) is 24.3 Å². The van der Waals surface area contributed by atoms with Crippen molar-refractivity contribution in [1.29, 1.82) is 0 Å². The summed E-state index contributed by atoms with van der Waals surface area (Å²) in [6.07, 6.45) is 0. The minimum atomic E-state index is 0.610. The van der Waals surface area contributed by atoms with Crippen LogP contribution in [-0.2, 0) is 0 Å². The van der Waals surface area contributed by atoms with Gasteiger partial charge in [-0.25, -0.2) is 9.97 Å². The first-order valence-corrected chi connectivity index (χ1v) is 17.9. The molecule has 0 radical (unpaired) electrons. The summed E-state index contributed by atoms with van der Waals surface area (Å²) in [5.74, 6) is 0.610. The van der Waals surface area contributed by atoms with Gasteiger partial charge in [0, 0.05) is 21.9 Å². The van der Waals surface area contributed by atoms with Gasteiger partial charge in [-0.2, -0.15) is 0 Å². The number of para-hydroxylation sites is 2. The second kappa shape index (κ2) is 12.9. The van der Waals surface area contributed by atoms with Gasteiger partial charge in [0.2, 0.25) is 5.89 Å². The minimum Gasteiger partial charge on any atom is -0.436 e. The maximum absolute atomic E-state index is 6.07. The van der Waals surface area contributed by atoms with Gasteiger partial charge in [0.15, 0.2) is 5.58 Å². The van der Waals surface area contributed by atoms with E-state index in [-0.39, 0.29) is 0 Å². The molecule has 0 aliphatic heterocycles. The Morgan fingerprint density at radius 1 is 0.321 bits per heavy atom. The first-order valence-electron chi connectivity index (χ1n) is 17.9. The van der Waals surface area contributed by atoms with Gasteiger partial charge in [-0.05, 0) is 86.3 Å². The summed E-state index contributed by atoms with van der Waals surface area (Å²) in [5, 5.41) is 3.41. The molecule has 0 saturated carbocycles. The Hall–Kier alpha value is -7.10.